The van der Waals surface area contributed by atoms with E-state index in [4.69, 9.17) is 5.73 Å². The number of hydrogen-bond donors (Lipinski definition) is 1. The first-order chi connectivity index (χ1) is 9.24. The van der Waals surface area contributed by atoms with Gasteiger partial charge in [0.05, 0.1) is 6.54 Å². The number of anilines is 1. The van der Waals surface area contributed by atoms with Crippen molar-refractivity contribution in [1.29, 1.82) is 0 Å². The zero-order valence-corrected chi connectivity index (χ0v) is 10.5. The van der Waals surface area contributed by atoms with Crippen LogP contribution in [-0.4, -0.2) is 6.54 Å². The van der Waals surface area contributed by atoms with Gasteiger partial charge in [-0.3, -0.25) is 0 Å². The average Bonchev–Trinajstić information content (AvgIpc) is 2.41. The van der Waals surface area contributed by atoms with Gasteiger partial charge in [0.2, 0.25) is 0 Å². The van der Waals surface area contributed by atoms with Crippen LogP contribution in [0.5, 0.6) is 0 Å². The van der Waals surface area contributed by atoms with Crippen LogP contribution in [0.2, 0.25) is 0 Å². The van der Waals surface area contributed by atoms with Crippen molar-refractivity contribution in [3.05, 3.63) is 71.2 Å². The van der Waals surface area contributed by atoms with E-state index in [-0.39, 0.29) is 5.82 Å². The van der Waals surface area contributed by atoms with Crippen LogP contribution in [0, 0.1) is 5.82 Å². The van der Waals surface area contributed by atoms with E-state index in [2.05, 4.69) is 4.90 Å². The first-order valence-corrected chi connectivity index (χ1v) is 6.27. The van der Waals surface area contributed by atoms with E-state index >= 15 is 0 Å². The average molecular weight is 254 g/mol. The summed E-state index contributed by atoms with van der Waals surface area (Å²) in [6, 6.07) is 14.9. The molecule has 2 nitrogen and oxygen atoms in total. The Labute approximate surface area is 112 Å². The summed E-state index contributed by atoms with van der Waals surface area (Å²) >= 11 is 0. The van der Waals surface area contributed by atoms with E-state index < -0.39 is 0 Å². The molecular formula is C16H15FN2. The Morgan fingerprint density at radius 2 is 1.79 bits per heavy atom. The SMILES string of the molecule is NC1=Cc2ccccc2N(Cc2ccccc2F)C1. The van der Waals surface area contributed by atoms with Gasteiger partial charge in [-0.05, 0) is 23.8 Å². The van der Waals surface area contributed by atoms with Crippen LogP contribution in [0.1, 0.15) is 11.1 Å². The van der Waals surface area contributed by atoms with Gasteiger partial charge in [0.15, 0.2) is 0 Å². The molecule has 19 heavy (non-hydrogen) atoms. The van der Waals surface area contributed by atoms with Gasteiger partial charge in [-0.1, -0.05) is 36.4 Å². The minimum absolute atomic E-state index is 0.173. The van der Waals surface area contributed by atoms with Crippen molar-refractivity contribution < 1.29 is 4.39 Å². The Balaban J connectivity index is 1.94. The molecule has 2 aromatic carbocycles. The van der Waals surface area contributed by atoms with Gasteiger partial charge in [-0.25, -0.2) is 4.39 Å². The summed E-state index contributed by atoms with van der Waals surface area (Å²) in [5, 5.41) is 0. The maximum Gasteiger partial charge on any atom is 0.128 e. The number of hydrogen-bond acceptors (Lipinski definition) is 2. The summed E-state index contributed by atoms with van der Waals surface area (Å²) < 4.78 is 13.7. The quantitative estimate of drug-likeness (QED) is 0.892. The zero-order chi connectivity index (χ0) is 13.2. The van der Waals surface area contributed by atoms with E-state index in [0.29, 0.717) is 18.7 Å². The number of para-hydroxylation sites is 1. The summed E-state index contributed by atoms with van der Waals surface area (Å²) in [4.78, 5) is 2.10. The fourth-order valence-corrected chi connectivity index (χ4v) is 2.42. The molecule has 0 unspecified atom stereocenters. The highest BCUT2D eigenvalue weighted by Gasteiger charge is 2.17. The molecule has 96 valence electrons. The molecule has 0 amide bonds. The predicted molar refractivity (Wildman–Crippen MR) is 76.1 cm³/mol. The molecule has 3 rings (SSSR count). The molecule has 0 saturated carbocycles. The molecular weight excluding hydrogens is 239 g/mol. The van der Waals surface area contributed by atoms with Gasteiger partial charge in [0.1, 0.15) is 5.82 Å². The Bertz CT molecular complexity index is 634. The van der Waals surface area contributed by atoms with Gasteiger partial charge in [-0.2, -0.15) is 0 Å². The summed E-state index contributed by atoms with van der Waals surface area (Å²) in [5.74, 6) is -0.173. The lowest BCUT2D eigenvalue weighted by molar-refractivity contribution is 0.605. The molecule has 0 atom stereocenters. The van der Waals surface area contributed by atoms with Gasteiger partial charge < -0.3 is 10.6 Å². The van der Waals surface area contributed by atoms with Crippen molar-refractivity contribution in [2.45, 2.75) is 6.54 Å². The molecule has 1 aliphatic rings. The second-order valence-electron chi connectivity index (χ2n) is 4.73. The van der Waals surface area contributed by atoms with E-state index in [9.17, 15) is 4.39 Å². The van der Waals surface area contributed by atoms with Crippen LogP contribution in [0.25, 0.3) is 6.08 Å². The first kappa shape index (κ1) is 11.8. The number of rotatable bonds is 2. The van der Waals surface area contributed by atoms with Gasteiger partial charge in [0, 0.05) is 23.5 Å². The van der Waals surface area contributed by atoms with Crippen molar-refractivity contribution in [1.82, 2.24) is 0 Å². The molecule has 0 aliphatic carbocycles. The van der Waals surface area contributed by atoms with Gasteiger partial charge in [0.25, 0.3) is 0 Å². The largest absolute Gasteiger partial charge is 0.401 e. The third-order valence-electron chi connectivity index (χ3n) is 3.31. The topological polar surface area (TPSA) is 29.3 Å². The van der Waals surface area contributed by atoms with Crippen LogP contribution in [-0.2, 0) is 6.54 Å². The first-order valence-electron chi connectivity index (χ1n) is 6.27. The van der Waals surface area contributed by atoms with Crippen LogP contribution in [0.15, 0.2) is 54.2 Å². The fourth-order valence-electron chi connectivity index (χ4n) is 2.42. The maximum atomic E-state index is 13.7. The Hall–Kier alpha value is -2.29. The van der Waals surface area contributed by atoms with Crippen molar-refractivity contribution in [3.63, 3.8) is 0 Å². The van der Waals surface area contributed by atoms with E-state index in [1.54, 1.807) is 6.07 Å². The molecule has 0 radical (unpaired) electrons. The summed E-state index contributed by atoms with van der Waals surface area (Å²) in [7, 11) is 0. The highest BCUT2D eigenvalue weighted by Crippen LogP contribution is 2.28. The maximum absolute atomic E-state index is 13.7. The normalized spacial score (nSPS) is 13.9. The predicted octanol–water partition coefficient (Wildman–Crippen LogP) is 3.15. The molecule has 3 heteroatoms. The molecule has 1 heterocycles. The Morgan fingerprint density at radius 1 is 1.05 bits per heavy atom. The number of halogens is 1. The molecule has 2 N–H and O–H groups in total. The van der Waals surface area contributed by atoms with Crippen molar-refractivity contribution in [2.75, 3.05) is 11.4 Å². The summed E-state index contributed by atoms with van der Waals surface area (Å²) in [6.07, 6.45) is 1.98. The van der Waals surface area contributed by atoms with Crippen molar-refractivity contribution >= 4 is 11.8 Å². The Kier molecular flexibility index (Phi) is 2.95. The monoisotopic (exact) mass is 254 g/mol. The highest BCUT2D eigenvalue weighted by molar-refractivity contribution is 5.72. The highest BCUT2D eigenvalue weighted by atomic mass is 19.1. The minimum atomic E-state index is -0.173. The smallest absolute Gasteiger partial charge is 0.128 e. The lowest BCUT2D eigenvalue weighted by atomic mass is 10.1. The van der Waals surface area contributed by atoms with Crippen molar-refractivity contribution in [3.8, 4) is 0 Å². The molecule has 1 aliphatic heterocycles. The molecule has 0 bridgehead atoms. The summed E-state index contributed by atoms with van der Waals surface area (Å²) in [5.41, 5.74) is 9.63. The second kappa shape index (κ2) is 4.76. The van der Waals surface area contributed by atoms with E-state index in [1.807, 2.05) is 42.5 Å². The number of fused-ring (bicyclic) bond motifs is 1. The van der Waals surface area contributed by atoms with Gasteiger partial charge >= 0.3 is 0 Å². The molecule has 2 aromatic rings. The Morgan fingerprint density at radius 3 is 2.63 bits per heavy atom. The van der Waals surface area contributed by atoms with E-state index in [1.165, 1.54) is 6.07 Å². The molecule has 0 aromatic heterocycles. The fraction of sp³-hybridized carbons (Fsp3) is 0.125. The van der Waals surface area contributed by atoms with Crippen LogP contribution < -0.4 is 10.6 Å². The standard InChI is InChI=1S/C16H15FN2/c17-15-7-3-1-6-13(15)10-19-11-14(18)9-12-5-2-4-8-16(12)19/h1-9H,10-11,18H2. The van der Waals surface area contributed by atoms with E-state index in [0.717, 1.165) is 16.9 Å². The number of nitrogens with zero attached hydrogens (tertiary/aromatic N) is 1. The minimum Gasteiger partial charge on any atom is -0.401 e. The van der Waals surface area contributed by atoms with Gasteiger partial charge in [-0.15, -0.1) is 0 Å². The lowest BCUT2D eigenvalue weighted by Crippen LogP contribution is -2.31. The van der Waals surface area contributed by atoms with Crippen LogP contribution in [0.4, 0.5) is 10.1 Å². The third-order valence-corrected chi connectivity index (χ3v) is 3.31. The molecule has 0 fully saturated rings. The lowest BCUT2D eigenvalue weighted by Gasteiger charge is -2.30. The van der Waals surface area contributed by atoms with Crippen molar-refractivity contribution in [2.24, 2.45) is 5.73 Å². The molecule has 0 spiro atoms. The molecule has 0 saturated heterocycles. The zero-order valence-electron chi connectivity index (χ0n) is 10.5. The number of nitrogens with two attached hydrogens (primary N) is 1. The summed E-state index contributed by atoms with van der Waals surface area (Å²) in [6.45, 7) is 1.16. The van der Waals surface area contributed by atoms with Crippen LogP contribution in [0.3, 0.4) is 0 Å². The third kappa shape index (κ3) is 2.32. The second-order valence-corrected chi connectivity index (χ2v) is 4.73. The van der Waals surface area contributed by atoms with Crippen LogP contribution >= 0.6 is 0 Å². The number of benzene rings is 2.